The highest BCUT2D eigenvalue weighted by Gasteiger charge is 2.17. The van der Waals surface area contributed by atoms with E-state index in [9.17, 15) is 13.2 Å². The maximum Gasteiger partial charge on any atom is 0.261 e. The van der Waals surface area contributed by atoms with Crippen molar-refractivity contribution in [2.75, 3.05) is 30.2 Å². The van der Waals surface area contributed by atoms with E-state index >= 15 is 0 Å². The van der Waals surface area contributed by atoms with E-state index < -0.39 is 10.0 Å². The summed E-state index contributed by atoms with van der Waals surface area (Å²) in [4.78, 5) is 15.2. The predicted octanol–water partition coefficient (Wildman–Crippen LogP) is 4.98. The fraction of sp³-hybridized carbons (Fsp3) is 0.296. The molecular weight excluding hydrogens is 462 g/mol. The molecular formula is C27H31N3O4S. The molecule has 1 saturated heterocycles. The highest BCUT2D eigenvalue weighted by Crippen LogP contribution is 2.21. The lowest BCUT2D eigenvalue weighted by atomic mass is 9.99. The Hall–Kier alpha value is -3.36. The molecule has 1 heterocycles. The molecule has 4 rings (SSSR count). The van der Waals surface area contributed by atoms with E-state index in [1.807, 2.05) is 24.3 Å². The molecule has 0 unspecified atom stereocenters. The van der Waals surface area contributed by atoms with Gasteiger partial charge in [-0.3, -0.25) is 14.4 Å². The van der Waals surface area contributed by atoms with Crippen LogP contribution < -0.4 is 14.8 Å². The summed E-state index contributed by atoms with van der Waals surface area (Å²) in [6, 6.07) is 20.3. The molecule has 1 amide bonds. The summed E-state index contributed by atoms with van der Waals surface area (Å²) >= 11 is 0. The second-order valence-corrected chi connectivity index (χ2v) is 10.7. The number of benzene rings is 3. The monoisotopic (exact) mass is 493 g/mol. The molecule has 0 aromatic heterocycles. The number of ether oxygens (including phenoxy) is 1. The minimum absolute atomic E-state index is 0.0997. The van der Waals surface area contributed by atoms with E-state index in [1.54, 1.807) is 43.5 Å². The predicted molar refractivity (Wildman–Crippen MR) is 138 cm³/mol. The molecule has 1 atom stereocenters. The van der Waals surface area contributed by atoms with Gasteiger partial charge in [-0.25, -0.2) is 8.42 Å². The first-order valence-electron chi connectivity index (χ1n) is 11.7. The van der Waals surface area contributed by atoms with Crippen LogP contribution in [0.5, 0.6) is 5.75 Å². The number of likely N-dealkylation sites (tertiary alicyclic amines) is 1. The van der Waals surface area contributed by atoms with Crippen LogP contribution in [0.4, 0.5) is 11.4 Å². The molecule has 0 radical (unpaired) electrons. The fourth-order valence-electron chi connectivity index (χ4n) is 4.24. The van der Waals surface area contributed by atoms with Gasteiger partial charge in [0.25, 0.3) is 15.9 Å². The number of sulfonamides is 1. The van der Waals surface area contributed by atoms with Crippen LogP contribution in [0.1, 0.15) is 35.7 Å². The van der Waals surface area contributed by atoms with Crippen molar-refractivity contribution in [2.24, 2.45) is 5.92 Å². The lowest BCUT2D eigenvalue weighted by Crippen LogP contribution is -2.33. The summed E-state index contributed by atoms with van der Waals surface area (Å²) < 4.78 is 33.0. The maximum atomic E-state index is 12.7. The lowest BCUT2D eigenvalue weighted by Gasteiger charge is -2.30. The Morgan fingerprint density at radius 2 is 1.63 bits per heavy atom. The Morgan fingerprint density at radius 3 is 2.26 bits per heavy atom. The number of nitrogens with zero attached hydrogens (tertiary/aromatic N) is 1. The summed E-state index contributed by atoms with van der Waals surface area (Å²) in [6.07, 6.45) is 2.53. The molecule has 3 aromatic rings. The third kappa shape index (κ3) is 6.61. The topological polar surface area (TPSA) is 87.7 Å². The van der Waals surface area contributed by atoms with Crippen molar-refractivity contribution in [3.05, 3.63) is 83.9 Å². The van der Waals surface area contributed by atoms with E-state index in [4.69, 9.17) is 4.74 Å². The zero-order chi connectivity index (χ0) is 24.8. The van der Waals surface area contributed by atoms with Gasteiger partial charge >= 0.3 is 0 Å². The Kier molecular flexibility index (Phi) is 7.73. The van der Waals surface area contributed by atoms with Crippen LogP contribution in [0, 0.1) is 5.92 Å². The number of carbonyl (C=O) groups excluding carboxylic acids is 1. The number of carbonyl (C=O) groups is 1. The largest absolute Gasteiger partial charge is 0.497 e. The molecule has 3 aromatic carbocycles. The van der Waals surface area contributed by atoms with E-state index in [0.717, 1.165) is 25.6 Å². The number of nitrogens with one attached hydrogen (secondary N) is 2. The number of hydrogen-bond acceptors (Lipinski definition) is 5. The smallest absolute Gasteiger partial charge is 0.261 e. The minimum Gasteiger partial charge on any atom is -0.497 e. The number of piperidine rings is 1. The Balaban J connectivity index is 1.34. The van der Waals surface area contributed by atoms with E-state index in [-0.39, 0.29) is 10.8 Å². The molecule has 7 nitrogen and oxygen atoms in total. The Labute approximate surface area is 207 Å². The first-order chi connectivity index (χ1) is 16.8. The van der Waals surface area contributed by atoms with E-state index in [1.165, 1.54) is 30.5 Å². The first kappa shape index (κ1) is 24.8. The average Bonchev–Trinajstić information content (AvgIpc) is 2.85. The van der Waals surface area contributed by atoms with E-state index in [0.29, 0.717) is 22.7 Å². The van der Waals surface area contributed by atoms with E-state index in [2.05, 4.69) is 21.9 Å². The molecule has 0 bridgehead atoms. The molecule has 8 heteroatoms. The van der Waals surface area contributed by atoms with Crippen LogP contribution in [0.15, 0.2) is 77.7 Å². The molecule has 1 aliphatic heterocycles. The van der Waals surface area contributed by atoms with Crippen LogP contribution in [-0.2, 0) is 16.6 Å². The van der Waals surface area contributed by atoms with Crippen molar-refractivity contribution in [1.29, 1.82) is 0 Å². The van der Waals surface area contributed by atoms with Gasteiger partial charge in [0, 0.05) is 30.0 Å². The summed E-state index contributed by atoms with van der Waals surface area (Å²) in [6.45, 7) is 5.42. The van der Waals surface area contributed by atoms with Crippen molar-refractivity contribution in [2.45, 2.75) is 31.2 Å². The van der Waals surface area contributed by atoms with Gasteiger partial charge in [0.1, 0.15) is 5.75 Å². The standard InChI is InChI=1S/C27H31N3O4S/c1-20-4-3-17-30(18-20)19-21-5-7-22(8-6-21)27(31)28-23-11-15-26(16-12-23)35(32,33)29-24-9-13-25(34-2)14-10-24/h5-16,20,29H,3-4,17-19H2,1-2H3,(H,28,31)/t20-/m0/s1. The van der Waals surface area contributed by atoms with Crippen molar-refractivity contribution in [3.8, 4) is 5.75 Å². The van der Waals surface area contributed by atoms with Gasteiger partial charge < -0.3 is 10.1 Å². The van der Waals surface area contributed by atoms with Crippen LogP contribution in [0.3, 0.4) is 0 Å². The quantitative estimate of drug-likeness (QED) is 0.462. The highest BCUT2D eigenvalue weighted by molar-refractivity contribution is 7.92. The number of hydrogen-bond donors (Lipinski definition) is 2. The number of rotatable bonds is 8. The van der Waals surface area contributed by atoms with Crippen LogP contribution in [0.2, 0.25) is 0 Å². The Bertz CT molecular complexity index is 1240. The van der Waals surface area contributed by atoms with Crippen LogP contribution >= 0.6 is 0 Å². The number of methoxy groups -OCH3 is 1. The van der Waals surface area contributed by atoms with Crippen molar-refractivity contribution in [1.82, 2.24) is 4.90 Å². The number of anilines is 2. The van der Waals surface area contributed by atoms with Crippen molar-refractivity contribution < 1.29 is 17.9 Å². The van der Waals surface area contributed by atoms with Gasteiger partial charge in [-0.15, -0.1) is 0 Å². The minimum atomic E-state index is -3.76. The van der Waals surface area contributed by atoms with Gasteiger partial charge in [-0.1, -0.05) is 19.1 Å². The number of amides is 1. The summed E-state index contributed by atoms with van der Waals surface area (Å²) in [5, 5.41) is 2.83. The molecule has 35 heavy (non-hydrogen) atoms. The van der Waals surface area contributed by atoms with Crippen molar-refractivity contribution in [3.63, 3.8) is 0 Å². The average molecular weight is 494 g/mol. The third-order valence-electron chi connectivity index (χ3n) is 6.13. The molecule has 1 fully saturated rings. The molecule has 0 spiro atoms. The molecule has 0 saturated carbocycles. The van der Waals surface area contributed by atoms with Crippen molar-refractivity contribution >= 4 is 27.3 Å². The molecule has 2 N–H and O–H groups in total. The Morgan fingerprint density at radius 1 is 0.971 bits per heavy atom. The van der Waals surface area contributed by atoms with Crippen LogP contribution in [-0.4, -0.2) is 39.4 Å². The van der Waals surface area contributed by atoms with Crippen LogP contribution in [0.25, 0.3) is 0 Å². The molecule has 184 valence electrons. The highest BCUT2D eigenvalue weighted by atomic mass is 32.2. The third-order valence-corrected chi connectivity index (χ3v) is 7.53. The maximum absolute atomic E-state index is 12.7. The normalized spacial score (nSPS) is 16.5. The zero-order valence-corrected chi connectivity index (χ0v) is 20.8. The van der Waals surface area contributed by atoms with Gasteiger partial charge in [-0.05, 0) is 91.5 Å². The van der Waals surface area contributed by atoms with Gasteiger partial charge in [0.05, 0.1) is 12.0 Å². The van der Waals surface area contributed by atoms with Gasteiger partial charge in [0.2, 0.25) is 0 Å². The second-order valence-electron chi connectivity index (χ2n) is 8.99. The molecule has 0 aliphatic carbocycles. The lowest BCUT2D eigenvalue weighted by molar-refractivity contribution is 0.102. The SMILES string of the molecule is COc1ccc(NS(=O)(=O)c2ccc(NC(=O)c3ccc(CN4CCC[C@H](C)C4)cc3)cc2)cc1. The summed E-state index contributed by atoms with van der Waals surface area (Å²) in [5.41, 5.74) is 2.69. The summed E-state index contributed by atoms with van der Waals surface area (Å²) in [5.74, 6) is 1.13. The zero-order valence-electron chi connectivity index (χ0n) is 20.0. The molecule has 1 aliphatic rings. The second kappa shape index (κ2) is 10.9. The summed E-state index contributed by atoms with van der Waals surface area (Å²) in [7, 11) is -2.21. The van der Waals surface area contributed by atoms with Gasteiger partial charge in [0.15, 0.2) is 0 Å². The van der Waals surface area contributed by atoms with Gasteiger partial charge in [-0.2, -0.15) is 0 Å². The first-order valence-corrected chi connectivity index (χ1v) is 13.2. The fourth-order valence-corrected chi connectivity index (χ4v) is 5.30.